The number of hydrogen-bond donors (Lipinski definition) is 1. The zero-order chi connectivity index (χ0) is 21.9. The summed E-state index contributed by atoms with van der Waals surface area (Å²) in [5.41, 5.74) is 0.926. The molecular weight excluding hydrogens is 403 g/mol. The first-order valence-corrected chi connectivity index (χ1v) is 11.3. The second-order valence-electron chi connectivity index (χ2n) is 9.09. The van der Waals surface area contributed by atoms with E-state index in [1.807, 2.05) is 0 Å². The quantitative estimate of drug-likeness (QED) is 0.677. The lowest BCUT2D eigenvalue weighted by molar-refractivity contribution is -0.127. The van der Waals surface area contributed by atoms with Crippen LogP contribution in [0.5, 0.6) is 0 Å². The molecule has 0 unspecified atom stereocenters. The Morgan fingerprint density at radius 3 is 2.40 bits per heavy atom. The second-order valence-corrected chi connectivity index (χ2v) is 10.1. The summed E-state index contributed by atoms with van der Waals surface area (Å²) < 4.78 is 13.0. The zero-order valence-electron chi connectivity index (χ0n) is 17.7. The van der Waals surface area contributed by atoms with Gasteiger partial charge in [-0.25, -0.2) is 4.39 Å². The zero-order valence-corrected chi connectivity index (χ0v) is 18.6. The molecule has 0 bridgehead atoms. The average Bonchev–Trinajstić information content (AvgIpc) is 2.96. The minimum Gasteiger partial charge on any atom is -0.354 e. The molecule has 162 valence electrons. The number of amides is 3. The van der Waals surface area contributed by atoms with Crippen molar-refractivity contribution < 1.29 is 18.8 Å². The van der Waals surface area contributed by atoms with E-state index in [2.05, 4.69) is 26.1 Å². The van der Waals surface area contributed by atoms with Crippen LogP contribution in [0.4, 0.5) is 9.18 Å². The minimum atomic E-state index is -0.380. The van der Waals surface area contributed by atoms with Crippen LogP contribution in [0.3, 0.4) is 0 Å². The highest BCUT2D eigenvalue weighted by Gasteiger charge is 2.35. The number of carbonyl (C=O) groups excluding carboxylic acids is 3. The first kappa shape index (κ1) is 22.5. The van der Waals surface area contributed by atoms with Crippen molar-refractivity contribution in [3.05, 3.63) is 40.6 Å². The van der Waals surface area contributed by atoms with E-state index < -0.39 is 0 Å². The minimum absolute atomic E-state index is 0.0104. The van der Waals surface area contributed by atoms with Crippen LogP contribution in [-0.4, -0.2) is 35.0 Å². The van der Waals surface area contributed by atoms with Gasteiger partial charge in [0.05, 0.1) is 4.91 Å². The number of rotatable bonds is 5. The molecule has 0 spiro atoms. The monoisotopic (exact) mass is 432 g/mol. The molecule has 2 aliphatic rings. The lowest BCUT2D eigenvalue weighted by atomic mass is 9.70. The lowest BCUT2D eigenvalue weighted by Crippen LogP contribution is -2.40. The molecule has 0 aromatic heterocycles. The topological polar surface area (TPSA) is 66.5 Å². The largest absolute Gasteiger partial charge is 0.354 e. The van der Waals surface area contributed by atoms with Crippen molar-refractivity contribution in [2.45, 2.75) is 46.5 Å². The molecule has 0 atom stereocenters. The van der Waals surface area contributed by atoms with Gasteiger partial charge in [-0.2, -0.15) is 0 Å². The molecule has 5 nitrogen and oxygen atoms in total. The van der Waals surface area contributed by atoms with Gasteiger partial charge in [-0.1, -0.05) is 32.9 Å². The van der Waals surface area contributed by atoms with E-state index in [0.717, 1.165) is 42.3 Å². The third kappa shape index (κ3) is 5.50. The Bertz CT molecular complexity index is 837. The van der Waals surface area contributed by atoms with Gasteiger partial charge in [0, 0.05) is 19.0 Å². The van der Waals surface area contributed by atoms with Crippen molar-refractivity contribution >= 4 is 34.9 Å². The van der Waals surface area contributed by atoms with E-state index in [9.17, 15) is 18.8 Å². The van der Waals surface area contributed by atoms with Gasteiger partial charge >= 0.3 is 0 Å². The predicted molar refractivity (Wildman–Crippen MR) is 117 cm³/mol. The van der Waals surface area contributed by atoms with Crippen LogP contribution in [0.1, 0.15) is 52.0 Å². The molecule has 30 heavy (non-hydrogen) atoms. The average molecular weight is 433 g/mol. The van der Waals surface area contributed by atoms with Crippen LogP contribution in [0, 0.1) is 23.1 Å². The number of imide groups is 1. The van der Waals surface area contributed by atoms with Gasteiger partial charge in [-0.3, -0.25) is 19.3 Å². The molecule has 1 aromatic carbocycles. The van der Waals surface area contributed by atoms with Gasteiger partial charge in [-0.15, -0.1) is 0 Å². The van der Waals surface area contributed by atoms with Crippen molar-refractivity contribution in [1.29, 1.82) is 0 Å². The summed E-state index contributed by atoms with van der Waals surface area (Å²) in [4.78, 5) is 38.7. The van der Waals surface area contributed by atoms with Crippen LogP contribution in [-0.2, 0) is 9.59 Å². The summed E-state index contributed by atoms with van der Waals surface area (Å²) in [5.74, 6) is -0.0741. The maximum absolute atomic E-state index is 13.0. The summed E-state index contributed by atoms with van der Waals surface area (Å²) >= 11 is 0.862. The molecule has 1 aliphatic carbocycles. The highest BCUT2D eigenvalue weighted by atomic mass is 32.2. The van der Waals surface area contributed by atoms with E-state index in [1.165, 1.54) is 12.1 Å². The summed E-state index contributed by atoms with van der Waals surface area (Å²) in [5, 5.41) is 2.54. The highest BCUT2D eigenvalue weighted by Crippen LogP contribution is 2.39. The molecule has 3 rings (SSSR count). The molecule has 1 saturated carbocycles. The van der Waals surface area contributed by atoms with Crippen molar-refractivity contribution in [3.8, 4) is 0 Å². The first-order valence-electron chi connectivity index (χ1n) is 10.4. The lowest BCUT2D eigenvalue weighted by Gasteiger charge is -2.36. The Balaban J connectivity index is 1.48. The summed E-state index contributed by atoms with van der Waals surface area (Å²) in [6.07, 6.45) is 5.46. The summed E-state index contributed by atoms with van der Waals surface area (Å²) in [7, 11) is 0. The van der Waals surface area contributed by atoms with E-state index >= 15 is 0 Å². The van der Waals surface area contributed by atoms with Gasteiger partial charge in [0.1, 0.15) is 5.82 Å². The van der Waals surface area contributed by atoms with E-state index in [0.29, 0.717) is 16.4 Å². The summed E-state index contributed by atoms with van der Waals surface area (Å²) in [6.45, 7) is 7.14. The van der Waals surface area contributed by atoms with Crippen molar-refractivity contribution in [1.82, 2.24) is 10.2 Å². The molecular formula is C23H29FN2O3S. The SMILES string of the molecule is CC(C)(C)C1CCC(C(=O)NCCN2C(=O)S/C(=C\c3ccc(F)cc3)C2=O)CC1. The Morgan fingerprint density at radius 1 is 1.17 bits per heavy atom. The normalized spacial score (nSPS) is 23.9. The maximum Gasteiger partial charge on any atom is 0.293 e. The molecule has 0 radical (unpaired) electrons. The van der Waals surface area contributed by atoms with E-state index in [1.54, 1.807) is 18.2 Å². The third-order valence-electron chi connectivity index (χ3n) is 6.00. The fourth-order valence-electron chi connectivity index (χ4n) is 4.06. The fraction of sp³-hybridized carbons (Fsp3) is 0.522. The molecule has 1 N–H and O–H groups in total. The Hall–Kier alpha value is -2.15. The molecule has 1 aromatic rings. The molecule has 3 amide bonds. The fourth-order valence-corrected chi connectivity index (χ4v) is 4.93. The standard InChI is InChI=1S/C23H29FN2O3S/c1-23(2,3)17-8-6-16(7-9-17)20(27)25-12-13-26-21(28)19(30-22(26)29)14-15-4-10-18(24)11-5-15/h4-5,10-11,14,16-17H,6-9,12-13H2,1-3H3,(H,25,27)/b19-14-. The maximum atomic E-state index is 13.0. The predicted octanol–water partition coefficient (Wildman–Crippen LogP) is 4.83. The van der Waals surface area contributed by atoms with Crippen LogP contribution in [0.25, 0.3) is 6.08 Å². The van der Waals surface area contributed by atoms with E-state index in [4.69, 9.17) is 0 Å². The number of benzene rings is 1. The van der Waals surface area contributed by atoms with E-state index in [-0.39, 0.29) is 47.3 Å². The Morgan fingerprint density at radius 2 is 1.80 bits per heavy atom. The van der Waals surface area contributed by atoms with Crippen LogP contribution >= 0.6 is 11.8 Å². The smallest absolute Gasteiger partial charge is 0.293 e. The third-order valence-corrected chi connectivity index (χ3v) is 6.91. The van der Waals surface area contributed by atoms with Gasteiger partial charge in [0.2, 0.25) is 5.91 Å². The number of halogens is 1. The molecule has 1 saturated heterocycles. The van der Waals surface area contributed by atoms with Gasteiger partial charge in [0.15, 0.2) is 0 Å². The molecule has 7 heteroatoms. The first-order chi connectivity index (χ1) is 14.1. The molecule has 1 heterocycles. The number of nitrogens with zero attached hydrogens (tertiary/aromatic N) is 1. The number of thioether (sulfide) groups is 1. The number of hydrogen-bond acceptors (Lipinski definition) is 4. The van der Waals surface area contributed by atoms with Gasteiger partial charge < -0.3 is 5.32 Å². The number of carbonyl (C=O) groups is 3. The highest BCUT2D eigenvalue weighted by molar-refractivity contribution is 8.18. The number of nitrogens with one attached hydrogen (secondary N) is 1. The van der Waals surface area contributed by atoms with Gasteiger partial charge in [-0.05, 0) is 72.6 Å². The Labute approximate surface area is 181 Å². The summed E-state index contributed by atoms with van der Waals surface area (Å²) in [6, 6.07) is 5.72. The van der Waals surface area contributed by atoms with Gasteiger partial charge in [0.25, 0.3) is 11.1 Å². The van der Waals surface area contributed by atoms with Crippen LogP contribution in [0.2, 0.25) is 0 Å². The van der Waals surface area contributed by atoms with Crippen molar-refractivity contribution in [2.24, 2.45) is 17.3 Å². The second kappa shape index (κ2) is 9.33. The van der Waals surface area contributed by atoms with Crippen molar-refractivity contribution in [2.75, 3.05) is 13.1 Å². The molecule has 2 fully saturated rings. The van der Waals surface area contributed by atoms with Crippen LogP contribution < -0.4 is 5.32 Å². The molecule has 1 aliphatic heterocycles. The Kier molecular flexibility index (Phi) is 7.01. The van der Waals surface area contributed by atoms with Crippen molar-refractivity contribution in [3.63, 3.8) is 0 Å². The van der Waals surface area contributed by atoms with Crippen LogP contribution in [0.15, 0.2) is 29.2 Å².